The Morgan fingerprint density at radius 1 is 0.431 bits per heavy atom. The Morgan fingerprint density at radius 2 is 1.06 bits per heavy atom. The van der Waals surface area contributed by atoms with Crippen LogP contribution in [0.25, 0.3) is 106 Å². The molecule has 0 saturated carbocycles. The predicted molar refractivity (Wildman–Crippen MR) is 203 cm³/mol. The lowest BCUT2D eigenvalue weighted by atomic mass is 9.98. The fraction of sp³-hybridized carbons (Fsp3) is 0. The zero-order valence-corrected chi connectivity index (χ0v) is 27.0. The summed E-state index contributed by atoms with van der Waals surface area (Å²) >= 11 is 0. The van der Waals surface area contributed by atoms with Crippen molar-refractivity contribution >= 4 is 65.7 Å². The molecule has 5 heterocycles. The quantitative estimate of drug-likeness (QED) is 0.188. The number of nitrogens with zero attached hydrogens (tertiary/aromatic N) is 5. The molecule has 7 nitrogen and oxygen atoms in total. The Hall–Kier alpha value is -7.12. The van der Waals surface area contributed by atoms with Crippen LogP contribution in [-0.2, 0) is 0 Å². The van der Waals surface area contributed by atoms with Gasteiger partial charge in [-0.2, -0.15) is 9.97 Å². The summed E-state index contributed by atoms with van der Waals surface area (Å²) in [5, 5.41) is 6.52. The van der Waals surface area contributed by atoms with Gasteiger partial charge in [0.2, 0.25) is 5.95 Å². The molecule has 0 radical (unpaired) electrons. The summed E-state index contributed by atoms with van der Waals surface area (Å²) in [5.41, 5.74) is 9.19. The van der Waals surface area contributed by atoms with Crippen LogP contribution in [-0.4, -0.2) is 24.5 Å². The first-order chi connectivity index (χ1) is 25.3. The second kappa shape index (κ2) is 10.7. The number of aromatic nitrogens is 5. The molecule has 0 N–H and O–H groups in total. The molecule has 0 bridgehead atoms. The summed E-state index contributed by atoms with van der Waals surface area (Å²) in [7, 11) is 0. The SMILES string of the molecule is c1ccc2c(c1)oc1cccc(-c3ccc(-c4nc(-c5ccc6c(c5)oc5cnccc56)nc(-n5c6ccccc6c6ccccc65)n4)cc3)c12. The van der Waals surface area contributed by atoms with Crippen LogP contribution in [0, 0.1) is 0 Å². The fourth-order valence-corrected chi connectivity index (χ4v) is 7.45. The standard InChI is InChI=1S/C44H25N5O2/c1-4-12-35-30(8-1)31-9-2-5-13-36(31)49(35)44-47-42(46-43(48-44)28-20-21-32-33-22-23-45-25-40(33)51-39(32)24-28)27-18-16-26(17-19-27)29-11-7-15-38-41(29)34-10-3-6-14-37(34)50-38/h1-25H. The lowest BCUT2D eigenvalue weighted by molar-refractivity contribution is 0.667. The van der Waals surface area contributed by atoms with Crippen molar-refractivity contribution in [3.8, 4) is 39.9 Å². The molecular formula is C44H25N5O2. The number of pyridine rings is 1. The van der Waals surface area contributed by atoms with Crippen molar-refractivity contribution in [2.45, 2.75) is 0 Å². The van der Waals surface area contributed by atoms with Crippen molar-refractivity contribution in [2.75, 3.05) is 0 Å². The molecule has 0 aliphatic heterocycles. The number of fused-ring (bicyclic) bond motifs is 9. The predicted octanol–water partition coefficient (Wildman–Crippen LogP) is 11.2. The number of para-hydroxylation sites is 3. The Morgan fingerprint density at radius 3 is 1.86 bits per heavy atom. The molecule has 11 aromatic rings. The van der Waals surface area contributed by atoms with Gasteiger partial charge in [-0.1, -0.05) is 97.1 Å². The minimum absolute atomic E-state index is 0.542. The fourth-order valence-electron chi connectivity index (χ4n) is 7.45. The maximum absolute atomic E-state index is 6.21. The molecule has 0 saturated heterocycles. The average molecular weight is 656 g/mol. The largest absolute Gasteiger partial charge is 0.456 e. The minimum Gasteiger partial charge on any atom is -0.456 e. The van der Waals surface area contributed by atoms with Gasteiger partial charge in [0.25, 0.3) is 0 Å². The van der Waals surface area contributed by atoms with Crippen molar-refractivity contribution in [2.24, 2.45) is 0 Å². The van der Waals surface area contributed by atoms with Crippen LogP contribution < -0.4 is 0 Å². The number of hydrogen-bond acceptors (Lipinski definition) is 6. The number of rotatable bonds is 4. The van der Waals surface area contributed by atoms with E-state index >= 15 is 0 Å². The van der Waals surface area contributed by atoms with E-state index < -0.39 is 0 Å². The normalized spacial score (nSPS) is 11.9. The van der Waals surface area contributed by atoms with Crippen LogP contribution >= 0.6 is 0 Å². The summed E-state index contributed by atoms with van der Waals surface area (Å²) in [6.45, 7) is 0. The summed E-state index contributed by atoms with van der Waals surface area (Å²) in [5.74, 6) is 1.67. The summed E-state index contributed by atoms with van der Waals surface area (Å²) in [4.78, 5) is 19.6. The van der Waals surface area contributed by atoms with E-state index in [2.05, 4.69) is 88.4 Å². The summed E-state index contributed by atoms with van der Waals surface area (Å²) in [6.07, 6.45) is 3.53. The third kappa shape index (κ3) is 4.25. The van der Waals surface area contributed by atoms with Crippen LogP contribution in [0.4, 0.5) is 0 Å². The molecule has 0 spiro atoms. The molecule has 11 rings (SSSR count). The lowest BCUT2D eigenvalue weighted by Crippen LogP contribution is -2.06. The molecule has 0 aliphatic rings. The van der Waals surface area contributed by atoms with Gasteiger partial charge in [0.1, 0.15) is 16.7 Å². The van der Waals surface area contributed by atoms with Crippen LogP contribution in [0.3, 0.4) is 0 Å². The van der Waals surface area contributed by atoms with Gasteiger partial charge in [-0.25, -0.2) is 4.98 Å². The third-order valence-corrected chi connectivity index (χ3v) is 9.79. The number of benzene rings is 6. The highest BCUT2D eigenvalue weighted by molar-refractivity contribution is 6.12. The van der Waals surface area contributed by atoms with Gasteiger partial charge < -0.3 is 8.83 Å². The molecular weight excluding hydrogens is 631 g/mol. The first kappa shape index (κ1) is 27.8. The second-order valence-corrected chi connectivity index (χ2v) is 12.7. The third-order valence-electron chi connectivity index (χ3n) is 9.79. The first-order valence-corrected chi connectivity index (χ1v) is 16.8. The first-order valence-electron chi connectivity index (χ1n) is 16.8. The maximum Gasteiger partial charge on any atom is 0.238 e. The van der Waals surface area contributed by atoms with Crippen molar-refractivity contribution in [1.29, 1.82) is 0 Å². The highest BCUT2D eigenvalue weighted by Crippen LogP contribution is 2.38. The average Bonchev–Trinajstić information content (AvgIpc) is 3.87. The highest BCUT2D eigenvalue weighted by Gasteiger charge is 2.19. The van der Waals surface area contributed by atoms with E-state index in [0.29, 0.717) is 17.6 Å². The second-order valence-electron chi connectivity index (χ2n) is 12.7. The molecule has 0 unspecified atom stereocenters. The maximum atomic E-state index is 6.21. The summed E-state index contributed by atoms with van der Waals surface area (Å²) in [6, 6.07) is 47.6. The zero-order chi connectivity index (χ0) is 33.5. The Labute approximate surface area is 290 Å². The van der Waals surface area contributed by atoms with Gasteiger partial charge >= 0.3 is 0 Å². The van der Waals surface area contributed by atoms with E-state index in [-0.39, 0.29) is 0 Å². The highest BCUT2D eigenvalue weighted by atomic mass is 16.3. The molecule has 6 aromatic carbocycles. The molecule has 5 aromatic heterocycles. The molecule has 0 atom stereocenters. The van der Waals surface area contributed by atoms with Crippen molar-refractivity contribution < 1.29 is 8.83 Å². The molecule has 0 amide bonds. The van der Waals surface area contributed by atoms with E-state index in [1.54, 1.807) is 12.4 Å². The Bertz CT molecular complexity index is 3100. The van der Waals surface area contributed by atoms with Crippen molar-refractivity contribution in [1.82, 2.24) is 24.5 Å². The van der Waals surface area contributed by atoms with Crippen LogP contribution in [0.5, 0.6) is 0 Å². The molecule has 238 valence electrons. The van der Waals surface area contributed by atoms with Gasteiger partial charge in [-0.15, -0.1) is 0 Å². The van der Waals surface area contributed by atoms with Crippen LogP contribution in [0.15, 0.2) is 161 Å². The van der Waals surface area contributed by atoms with Gasteiger partial charge in [-0.05, 0) is 53.6 Å². The van der Waals surface area contributed by atoms with Gasteiger partial charge in [-0.3, -0.25) is 9.55 Å². The van der Waals surface area contributed by atoms with Crippen LogP contribution in [0.2, 0.25) is 0 Å². The number of furan rings is 2. The molecule has 7 heteroatoms. The van der Waals surface area contributed by atoms with Crippen LogP contribution in [0.1, 0.15) is 0 Å². The van der Waals surface area contributed by atoms with Gasteiger partial charge in [0.05, 0.1) is 17.2 Å². The van der Waals surface area contributed by atoms with E-state index in [1.807, 2.05) is 60.7 Å². The van der Waals surface area contributed by atoms with Crippen molar-refractivity contribution in [3.63, 3.8) is 0 Å². The topological polar surface area (TPSA) is 82.8 Å². The Balaban J connectivity index is 1.11. The van der Waals surface area contributed by atoms with E-state index in [0.717, 1.165) is 87.9 Å². The molecule has 51 heavy (non-hydrogen) atoms. The van der Waals surface area contributed by atoms with Crippen molar-refractivity contribution in [3.05, 3.63) is 152 Å². The number of hydrogen-bond donors (Lipinski definition) is 0. The summed E-state index contributed by atoms with van der Waals surface area (Å²) < 4.78 is 14.5. The van der Waals surface area contributed by atoms with Gasteiger partial charge in [0, 0.05) is 49.6 Å². The van der Waals surface area contributed by atoms with E-state index in [4.69, 9.17) is 23.8 Å². The minimum atomic E-state index is 0.542. The van der Waals surface area contributed by atoms with Gasteiger partial charge in [0.15, 0.2) is 17.2 Å². The van der Waals surface area contributed by atoms with E-state index in [9.17, 15) is 0 Å². The lowest BCUT2D eigenvalue weighted by Gasteiger charge is -2.11. The zero-order valence-electron chi connectivity index (χ0n) is 27.0. The monoisotopic (exact) mass is 655 g/mol. The Kier molecular flexibility index (Phi) is 5.83. The van der Waals surface area contributed by atoms with E-state index in [1.165, 1.54) is 0 Å². The molecule has 0 fully saturated rings. The molecule has 0 aliphatic carbocycles. The smallest absolute Gasteiger partial charge is 0.238 e.